The maximum atomic E-state index is 2.54. The Morgan fingerprint density at radius 1 is 0.515 bits per heavy atom. The largest absolute Gasteiger partial charge is 0.180 e. The summed E-state index contributed by atoms with van der Waals surface area (Å²) in [7, 11) is -2.40. The Balaban J connectivity index is 1.68. The van der Waals surface area contributed by atoms with Crippen LogP contribution in [0.25, 0.3) is 31.3 Å². The molecular weight excluding hydrogens is 432 g/mol. The van der Waals surface area contributed by atoms with Crippen molar-refractivity contribution < 1.29 is 0 Å². The first-order valence-electron chi connectivity index (χ1n) is 11.4. The van der Waals surface area contributed by atoms with Gasteiger partial charge in [-0.05, 0) is 63.1 Å². The zero-order valence-corrected chi connectivity index (χ0v) is 20.2. The summed E-state index contributed by atoms with van der Waals surface area (Å²) in [6.07, 6.45) is 0. The number of hydrogen-bond donors (Lipinski definition) is 0. The zero-order chi connectivity index (χ0) is 22.0. The third-order valence-corrected chi connectivity index (χ3v) is 13.2. The summed E-state index contributed by atoms with van der Waals surface area (Å²) in [6, 6.07) is 43.5. The molecule has 2 heteroatoms. The maximum absolute atomic E-state index is 2.54. The van der Waals surface area contributed by atoms with E-state index in [1.807, 2.05) is 11.3 Å². The summed E-state index contributed by atoms with van der Waals surface area (Å²) in [6.45, 7) is 2.19. The molecule has 2 heterocycles. The molecule has 0 fully saturated rings. The monoisotopic (exact) mass is 454 g/mol. The van der Waals surface area contributed by atoms with Gasteiger partial charge in [-0.15, -0.1) is 11.3 Å². The van der Waals surface area contributed by atoms with Crippen molar-refractivity contribution >= 4 is 60.3 Å². The second-order valence-electron chi connectivity index (χ2n) is 9.02. The Labute approximate surface area is 198 Å². The van der Waals surface area contributed by atoms with Crippen LogP contribution in [0.5, 0.6) is 0 Å². The SMILES string of the molecule is Cc1ccc2sc3cc4c(cc3c2c1)-c1ccccc1[Si]4(c1ccccc1)c1ccccc1. The van der Waals surface area contributed by atoms with E-state index >= 15 is 0 Å². The van der Waals surface area contributed by atoms with Crippen LogP contribution in [-0.4, -0.2) is 8.07 Å². The van der Waals surface area contributed by atoms with Crippen LogP contribution in [0, 0.1) is 6.92 Å². The van der Waals surface area contributed by atoms with Gasteiger partial charge in [-0.2, -0.15) is 0 Å². The number of benzene rings is 5. The lowest BCUT2D eigenvalue weighted by Gasteiger charge is -2.31. The molecule has 0 atom stereocenters. The van der Waals surface area contributed by atoms with Crippen LogP contribution in [-0.2, 0) is 0 Å². The van der Waals surface area contributed by atoms with Crippen LogP contribution in [0.1, 0.15) is 5.56 Å². The quantitative estimate of drug-likeness (QED) is 0.293. The van der Waals surface area contributed by atoms with Gasteiger partial charge in [0.2, 0.25) is 0 Å². The molecule has 5 aromatic carbocycles. The van der Waals surface area contributed by atoms with Crippen molar-refractivity contribution in [2.75, 3.05) is 0 Å². The Morgan fingerprint density at radius 3 is 1.88 bits per heavy atom. The van der Waals surface area contributed by atoms with E-state index in [2.05, 4.69) is 122 Å². The summed E-state index contributed by atoms with van der Waals surface area (Å²) in [5, 5.41) is 8.72. The molecule has 7 rings (SSSR count). The first kappa shape index (κ1) is 19.0. The van der Waals surface area contributed by atoms with Gasteiger partial charge < -0.3 is 0 Å². The molecular formula is C31H22SSi. The normalized spacial score (nSPS) is 13.8. The van der Waals surface area contributed by atoms with Crippen molar-refractivity contribution in [1.82, 2.24) is 0 Å². The lowest BCUT2D eigenvalue weighted by molar-refractivity contribution is 1.52. The molecule has 0 spiro atoms. The number of hydrogen-bond acceptors (Lipinski definition) is 1. The van der Waals surface area contributed by atoms with Crippen molar-refractivity contribution in [3.05, 3.63) is 121 Å². The number of fused-ring (bicyclic) bond motifs is 6. The first-order valence-corrected chi connectivity index (χ1v) is 14.3. The Bertz CT molecular complexity index is 1620. The van der Waals surface area contributed by atoms with Crippen LogP contribution in [0.3, 0.4) is 0 Å². The number of rotatable bonds is 2. The fraction of sp³-hybridized carbons (Fsp3) is 0.0323. The van der Waals surface area contributed by atoms with Gasteiger partial charge in [0.15, 0.2) is 8.07 Å². The lowest BCUT2D eigenvalue weighted by atomic mass is 10.0. The van der Waals surface area contributed by atoms with Crippen LogP contribution >= 0.6 is 11.3 Å². The Hall–Kier alpha value is -3.46. The molecule has 1 aliphatic heterocycles. The smallest absolute Gasteiger partial charge is 0.135 e. The van der Waals surface area contributed by atoms with E-state index in [4.69, 9.17) is 0 Å². The van der Waals surface area contributed by atoms with Crippen LogP contribution in [0.15, 0.2) is 115 Å². The maximum Gasteiger partial charge on any atom is 0.180 e. The van der Waals surface area contributed by atoms with Crippen LogP contribution < -0.4 is 20.7 Å². The highest BCUT2D eigenvalue weighted by atomic mass is 32.1. The predicted molar refractivity (Wildman–Crippen MR) is 147 cm³/mol. The zero-order valence-electron chi connectivity index (χ0n) is 18.4. The van der Waals surface area contributed by atoms with Crippen molar-refractivity contribution in [3.8, 4) is 11.1 Å². The molecule has 0 saturated carbocycles. The van der Waals surface area contributed by atoms with E-state index in [-0.39, 0.29) is 0 Å². The Kier molecular flexibility index (Phi) is 4.05. The van der Waals surface area contributed by atoms with E-state index in [1.165, 1.54) is 57.6 Å². The molecule has 0 nitrogen and oxygen atoms in total. The van der Waals surface area contributed by atoms with E-state index in [1.54, 1.807) is 0 Å². The standard InChI is InChI=1S/C31H22SSi/c1-21-16-17-28-25(18-21)26-19-27-24-14-8-9-15-30(24)33(22-10-4-2-5-11-22,23-12-6-3-7-13-23)31(27)20-29(26)32-28/h2-20H,1H3. The van der Waals surface area contributed by atoms with E-state index in [0.29, 0.717) is 0 Å². The van der Waals surface area contributed by atoms with Crippen molar-refractivity contribution in [3.63, 3.8) is 0 Å². The molecule has 0 saturated heterocycles. The topological polar surface area (TPSA) is 0 Å². The third-order valence-electron chi connectivity index (χ3n) is 7.20. The number of aryl methyl sites for hydroxylation is 1. The molecule has 0 aliphatic carbocycles. The highest BCUT2D eigenvalue weighted by molar-refractivity contribution is 7.26. The molecule has 0 amide bonds. The first-order chi connectivity index (χ1) is 16.3. The summed E-state index contributed by atoms with van der Waals surface area (Å²) >= 11 is 1.93. The summed E-state index contributed by atoms with van der Waals surface area (Å²) in [5.41, 5.74) is 4.14. The fourth-order valence-electron chi connectivity index (χ4n) is 5.82. The summed E-state index contributed by atoms with van der Waals surface area (Å²) in [4.78, 5) is 0. The highest BCUT2D eigenvalue weighted by Gasteiger charge is 2.48. The van der Waals surface area contributed by atoms with Gasteiger partial charge in [-0.3, -0.25) is 0 Å². The van der Waals surface area contributed by atoms with Gasteiger partial charge in [-0.25, -0.2) is 0 Å². The summed E-state index contributed by atoms with van der Waals surface area (Å²) < 4.78 is 2.77. The third kappa shape index (κ3) is 2.56. The fourth-order valence-corrected chi connectivity index (χ4v) is 12.2. The van der Waals surface area contributed by atoms with Gasteiger partial charge in [0, 0.05) is 20.2 Å². The van der Waals surface area contributed by atoms with Crippen LogP contribution in [0.4, 0.5) is 0 Å². The van der Waals surface area contributed by atoms with Gasteiger partial charge in [0.05, 0.1) is 0 Å². The van der Waals surface area contributed by atoms with Crippen molar-refractivity contribution in [1.29, 1.82) is 0 Å². The second-order valence-corrected chi connectivity index (χ2v) is 13.8. The minimum Gasteiger partial charge on any atom is -0.135 e. The number of thiophene rings is 1. The van der Waals surface area contributed by atoms with Gasteiger partial charge in [0.1, 0.15) is 0 Å². The van der Waals surface area contributed by atoms with Crippen molar-refractivity contribution in [2.24, 2.45) is 0 Å². The molecule has 0 radical (unpaired) electrons. The lowest BCUT2D eigenvalue weighted by Crippen LogP contribution is -2.72. The average molecular weight is 455 g/mol. The minimum absolute atomic E-state index is 1.32. The molecule has 1 aromatic heterocycles. The molecule has 0 bridgehead atoms. The molecule has 1 aliphatic rings. The minimum atomic E-state index is -2.40. The molecule has 0 N–H and O–H groups in total. The highest BCUT2D eigenvalue weighted by Crippen LogP contribution is 2.38. The predicted octanol–water partition coefficient (Wildman–Crippen LogP) is 5.72. The van der Waals surface area contributed by atoms with E-state index in [9.17, 15) is 0 Å². The van der Waals surface area contributed by atoms with E-state index < -0.39 is 8.07 Å². The molecule has 33 heavy (non-hydrogen) atoms. The molecule has 0 unspecified atom stereocenters. The van der Waals surface area contributed by atoms with Crippen molar-refractivity contribution in [2.45, 2.75) is 6.92 Å². The van der Waals surface area contributed by atoms with Gasteiger partial charge in [0.25, 0.3) is 0 Å². The van der Waals surface area contributed by atoms with E-state index in [0.717, 1.165) is 0 Å². The second kappa shape index (κ2) is 7.02. The van der Waals surface area contributed by atoms with Gasteiger partial charge in [-0.1, -0.05) is 96.6 Å². The van der Waals surface area contributed by atoms with Gasteiger partial charge >= 0.3 is 0 Å². The average Bonchev–Trinajstić information content (AvgIpc) is 3.36. The van der Waals surface area contributed by atoms with Crippen LogP contribution in [0.2, 0.25) is 0 Å². The molecule has 6 aromatic rings. The summed E-state index contributed by atoms with van der Waals surface area (Å²) in [5.74, 6) is 0. The Morgan fingerprint density at radius 2 is 1.15 bits per heavy atom. The molecule has 156 valence electrons.